The van der Waals surface area contributed by atoms with E-state index in [1.807, 2.05) is 45.0 Å². The number of nitrogens with one attached hydrogen (secondary N) is 2. The van der Waals surface area contributed by atoms with Crippen LogP contribution in [0.15, 0.2) is 60.2 Å². The first kappa shape index (κ1) is 27.6. The van der Waals surface area contributed by atoms with Gasteiger partial charge in [-0.15, -0.1) is 0 Å². The van der Waals surface area contributed by atoms with E-state index in [4.69, 9.17) is 32.7 Å². The van der Waals surface area contributed by atoms with Gasteiger partial charge in [0.25, 0.3) is 11.8 Å². The lowest BCUT2D eigenvalue weighted by Crippen LogP contribution is -2.21. The second-order valence-electron chi connectivity index (χ2n) is 8.05. The first-order chi connectivity index (χ1) is 17.7. The van der Waals surface area contributed by atoms with E-state index in [2.05, 4.69) is 10.6 Å². The van der Waals surface area contributed by atoms with Crippen LogP contribution in [0, 0.1) is 25.2 Å². The zero-order chi connectivity index (χ0) is 26.9. The van der Waals surface area contributed by atoms with Crippen molar-refractivity contribution in [2.24, 2.45) is 0 Å². The lowest BCUT2D eigenvalue weighted by molar-refractivity contribution is -0.118. The molecule has 7 nitrogen and oxygen atoms in total. The molecule has 2 amide bonds. The third kappa shape index (κ3) is 7.74. The summed E-state index contributed by atoms with van der Waals surface area (Å²) in [5, 5.41) is 15.2. The van der Waals surface area contributed by atoms with Crippen LogP contribution < -0.4 is 20.1 Å². The Hall–Kier alpha value is -3.99. The van der Waals surface area contributed by atoms with Crippen molar-refractivity contribution in [3.63, 3.8) is 0 Å². The molecule has 0 atom stereocenters. The molecule has 0 fully saturated rings. The van der Waals surface area contributed by atoms with Gasteiger partial charge in [0.1, 0.15) is 17.4 Å². The number of aryl methyl sites for hydroxylation is 2. The Morgan fingerprint density at radius 1 is 0.973 bits per heavy atom. The molecule has 37 heavy (non-hydrogen) atoms. The molecule has 0 aliphatic heterocycles. The molecule has 0 saturated heterocycles. The van der Waals surface area contributed by atoms with Crippen LogP contribution in [0.1, 0.15) is 23.6 Å². The van der Waals surface area contributed by atoms with Crippen molar-refractivity contribution in [1.82, 2.24) is 0 Å². The predicted molar refractivity (Wildman–Crippen MR) is 146 cm³/mol. The first-order valence-corrected chi connectivity index (χ1v) is 12.1. The van der Waals surface area contributed by atoms with Gasteiger partial charge in [-0.05, 0) is 86.0 Å². The van der Waals surface area contributed by atoms with Crippen LogP contribution in [-0.2, 0) is 9.59 Å². The van der Waals surface area contributed by atoms with Gasteiger partial charge in [-0.1, -0.05) is 35.3 Å². The third-order valence-electron chi connectivity index (χ3n) is 5.13. The molecule has 0 aliphatic carbocycles. The number of benzene rings is 3. The molecule has 0 bridgehead atoms. The molecule has 0 aromatic heterocycles. The zero-order valence-electron chi connectivity index (χ0n) is 20.5. The highest BCUT2D eigenvalue weighted by molar-refractivity contribution is 6.37. The van der Waals surface area contributed by atoms with E-state index < -0.39 is 5.91 Å². The van der Waals surface area contributed by atoms with Crippen LogP contribution in [0.4, 0.5) is 11.4 Å². The highest BCUT2D eigenvalue weighted by atomic mass is 35.5. The smallest absolute Gasteiger partial charge is 0.266 e. The number of amides is 2. The molecular formula is C28H25Cl2N3O4. The van der Waals surface area contributed by atoms with E-state index in [0.717, 1.165) is 11.1 Å². The average Bonchev–Trinajstić information content (AvgIpc) is 2.85. The lowest BCUT2D eigenvalue weighted by Gasteiger charge is -2.13. The molecule has 0 unspecified atom stereocenters. The number of carbonyl (C=O) groups excluding carboxylic acids is 2. The van der Waals surface area contributed by atoms with Gasteiger partial charge in [0.15, 0.2) is 12.4 Å². The van der Waals surface area contributed by atoms with Crippen molar-refractivity contribution in [3.8, 4) is 17.6 Å². The van der Waals surface area contributed by atoms with E-state index in [9.17, 15) is 14.9 Å². The quantitative estimate of drug-likeness (QED) is 0.237. The van der Waals surface area contributed by atoms with Gasteiger partial charge in [0.2, 0.25) is 0 Å². The van der Waals surface area contributed by atoms with Crippen LogP contribution in [0.5, 0.6) is 11.5 Å². The Morgan fingerprint density at radius 2 is 1.65 bits per heavy atom. The van der Waals surface area contributed by atoms with Crippen molar-refractivity contribution in [2.75, 3.05) is 23.8 Å². The molecule has 190 valence electrons. The minimum Gasteiger partial charge on any atom is -0.494 e. The van der Waals surface area contributed by atoms with Gasteiger partial charge in [-0.3, -0.25) is 9.59 Å². The van der Waals surface area contributed by atoms with Crippen LogP contribution in [0.25, 0.3) is 6.08 Å². The van der Waals surface area contributed by atoms with E-state index in [-0.39, 0.29) is 33.9 Å². The summed E-state index contributed by atoms with van der Waals surface area (Å²) in [6.45, 7) is 5.92. The number of anilines is 2. The van der Waals surface area contributed by atoms with E-state index in [0.29, 0.717) is 29.3 Å². The fourth-order valence-corrected chi connectivity index (χ4v) is 3.92. The van der Waals surface area contributed by atoms with Gasteiger partial charge in [-0.25, -0.2) is 0 Å². The summed E-state index contributed by atoms with van der Waals surface area (Å²) in [7, 11) is 0. The number of hydrogen-bond acceptors (Lipinski definition) is 5. The van der Waals surface area contributed by atoms with Crippen molar-refractivity contribution in [2.45, 2.75) is 20.8 Å². The topological polar surface area (TPSA) is 100 Å². The van der Waals surface area contributed by atoms with Gasteiger partial charge in [0, 0.05) is 11.4 Å². The summed E-state index contributed by atoms with van der Waals surface area (Å²) in [5.41, 5.74) is 3.41. The highest BCUT2D eigenvalue weighted by Crippen LogP contribution is 2.35. The van der Waals surface area contributed by atoms with Crippen LogP contribution in [-0.4, -0.2) is 25.0 Å². The third-order valence-corrected chi connectivity index (χ3v) is 5.70. The maximum Gasteiger partial charge on any atom is 0.266 e. The number of carbonyl (C=O) groups is 2. The standard InChI is InChI=1S/C28H25Cl2N3O4/c1-4-36-22-9-7-21(8-10-22)32-28(35)20(15-31)12-19-13-23(29)27(24(30)14-19)37-16-26(34)33-25-11-17(2)5-6-18(25)3/h5-14H,4,16H2,1-3H3,(H,32,35)(H,33,34)/b20-12+. The fraction of sp³-hybridized carbons (Fsp3) is 0.179. The van der Waals surface area contributed by atoms with E-state index in [1.165, 1.54) is 18.2 Å². The summed E-state index contributed by atoms with van der Waals surface area (Å²) in [4.78, 5) is 25.0. The van der Waals surface area contributed by atoms with Crippen molar-refractivity contribution >= 4 is 52.5 Å². The minimum absolute atomic E-state index is 0.119. The second-order valence-corrected chi connectivity index (χ2v) is 8.86. The molecule has 0 heterocycles. The number of nitriles is 1. The molecule has 0 saturated carbocycles. The van der Waals surface area contributed by atoms with Gasteiger partial charge >= 0.3 is 0 Å². The van der Waals surface area contributed by atoms with E-state index in [1.54, 1.807) is 24.3 Å². The Labute approximate surface area is 225 Å². The highest BCUT2D eigenvalue weighted by Gasteiger charge is 2.15. The molecule has 0 spiro atoms. The Kier molecular flexibility index (Phi) is 9.56. The van der Waals surface area contributed by atoms with Crippen molar-refractivity contribution < 1.29 is 19.1 Å². The maximum atomic E-state index is 12.6. The average molecular weight is 538 g/mol. The Balaban J connectivity index is 1.68. The monoisotopic (exact) mass is 537 g/mol. The van der Waals surface area contributed by atoms with Crippen LogP contribution in [0.3, 0.4) is 0 Å². The molecule has 3 rings (SSSR count). The summed E-state index contributed by atoms with van der Waals surface area (Å²) >= 11 is 12.7. The molecule has 0 aliphatic rings. The number of hydrogen-bond donors (Lipinski definition) is 2. The summed E-state index contributed by atoms with van der Waals surface area (Å²) < 4.78 is 10.9. The Morgan fingerprint density at radius 3 is 2.27 bits per heavy atom. The van der Waals surface area contributed by atoms with Gasteiger partial charge in [-0.2, -0.15) is 5.26 Å². The maximum absolute atomic E-state index is 12.6. The summed E-state index contributed by atoms with van der Waals surface area (Å²) in [5.74, 6) is -0.176. The second kappa shape index (κ2) is 12.8. The number of halogens is 2. The number of rotatable bonds is 9. The van der Waals surface area contributed by atoms with E-state index >= 15 is 0 Å². The first-order valence-electron chi connectivity index (χ1n) is 11.3. The molecule has 0 radical (unpaired) electrons. The normalized spacial score (nSPS) is 10.9. The zero-order valence-corrected chi connectivity index (χ0v) is 22.0. The molecular weight excluding hydrogens is 513 g/mol. The van der Waals surface area contributed by atoms with Crippen LogP contribution >= 0.6 is 23.2 Å². The largest absolute Gasteiger partial charge is 0.494 e. The lowest BCUT2D eigenvalue weighted by atomic mass is 10.1. The summed E-state index contributed by atoms with van der Waals surface area (Å²) in [6, 6.07) is 17.4. The molecule has 3 aromatic rings. The van der Waals surface area contributed by atoms with Gasteiger partial charge in [0.05, 0.1) is 16.7 Å². The number of ether oxygens (including phenoxy) is 2. The molecule has 2 N–H and O–H groups in total. The molecule has 9 heteroatoms. The molecule has 3 aromatic carbocycles. The fourth-order valence-electron chi connectivity index (χ4n) is 3.31. The number of nitrogens with zero attached hydrogens (tertiary/aromatic N) is 1. The summed E-state index contributed by atoms with van der Waals surface area (Å²) in [6.07, 6.45) is 1.36. The van der Waals surface area contributed by atoms with Crippen molar-refractivity contribution in [3.05, 3.63) is 86.9 Å². The predicted octanol–water partition coefficient (Wildman–Crippen LogP) is 6.57. The van der Waals surface area contributed by atoms with Crippen LogP contribution in [0.2, 0.25) is 10.0 Å². The van der Waals surface area contributed by atoms with Gasteiger partial charge < -0.3 is 20.1 Å². The minimum atomic E-state index is -0.595. The SMILES string of the molecule is CCOc1ccc(NC(=O)/C(C#N)=C/c2cc(Cl)c(OCC(=O)Nc3cc(C)ccc3C)c(Cl)c2)cc1. The van der Waals surface area contributed by atoms with Crippen molar-refractivity contribution in [1.29, 1.82) is 5.26 Å². The Bertz CT molecular complexity index is 1360.